The molecule has 0 radical (unpaired) electrons. The third-order valence-electron chi connectivity index (χ3n) is 9.32. The summed E-state index contributed by atoms with van der Waals surface area (Å²) in [5, 5.41) is 7.39. The van der Waals surface area contributed by atoms with Gasteiger partial charge in [-0.3, -0.25) is 0 Å². The standard InChI is InChI=1S/C46H28O/c1-2-12-29(13-3-1)31-24-25-32-27-41-43(28-33(32)26-31)47-42-23-11-22-40(46(41)42)45-38-19-8-6-17-36(38)44(37-18-7-9-20-39(37)45)35-21-10-15-30-14-4-5-16-34(30)35/h1-28H/i4D,5D,10D,14D,15D,16D,21D. The van der Waals surface area contributed by atoms with Crippen LogP contribution in [-0.2, 0) is 0 Å². The third-order valence-corrected chi connectivity index (χ3v) is 9.32. The zero-order chi connectivity index (χ0) is 37.0. The maximum absolute atomic E-state index is 9.25. The van der Waals surface area contributed by atoms with Gasteiger partial charge in [0.15, 0.2) is 0 Å². The lowest BCUT2D eigenvalue weighted by Crippen LogP contribution is -1.92. The first-order chi connectivity index (χ1) is 26.2. The Balaban J connectivity index is 1.31. The number of hydrogen-bond acceptors (Lipinski definition) is 1. The van der Waals surface area contributed by atoms with E-state index in [2.05, 4.69) is 48.5 Å². The molecule has 10 aromatic rings. The van der Waals surface area contributed by atoms with Crippen molar-refractivity contribution in [2.24, 2.45) is 0 Å². The van der Waals surface area contributed by atoms with Crippen LogP contribution in [-0.4, -0.2) is 0 Å². The van der Waals surface area contributed by atoms with Gasteiger partial charge in [-0.2, -0.15) is 0 Å². The number of hydrogen-bond donors (Lipinski definition) is 0. The summed E-state index contributed by atoms with van der Waals surface area (Å²) in [7, 11) is 0. The predicted molar refractivity (Wildman–Crippen MR) is 200 cm³/mol. The predicted octanol–water partition coefficient (Wildman–Crippen LogP) is 13.2. The summed E-state index contributed by atoms with van der Waals surface area (Å²) >= 11 is 0. The topological polar surface area (TPSA) is 13.1 Å². The van der Waals surface area contributed by atoms with Gasteiger partial charge >= 0.3 is 0 Å². The largest absolute Gasteiger partial charge is 0.456 e. The number of benzene rings is 9. The van der Waals surface area contributed by atoms with E-state index in [1.807, 2.05) is 78.9 Å². The first-order valence-electron chi connectivity index (χ1n) is 19.1. The van der Waals surface area contributed by atoms with Gasteiger partial charge < -0.3 is 4.42 Å². The van der Waals surface area contributed by atoms with E-state index in [1.165, 1.54) is 0 Å². The maximum atomic E-state index is 9.25. The van der Waals surface area contributed by atoms with Gasteiger partial charge in [0, 0.05) is 10.8 Å². The van der Waals surface area contributed by atoms with E-state index in [1.54, 1.807) is 0 Å². The van der Waals surface area contributed by atoms with Gasteiger partial charge in [0.05, 0.1) is 9.60 Å². The second kappa shape index (κ2) is 10.2. The van der Waals surface area contributed by atoms with Crippen LogP contribution in [0.1, 0.15) is 9.60 Å². The smallest absolute Gasteiger partial charge is 0.136 e. The van der Waals surface area contributed by atoms with Gasteiger partial charge in [0.25, 0.3) is 0 Å². The molecule has 1 heteroatoms. The molecule has 0 aliphatic heterocycles. The molecule has 0 saturated carbocycles. The van der Waals surface area contributed by atoms with Crippen molar-refractivity contribution in [3.63, 3.8) is 0 Å². The molecule has 1 aromatic heterocycles. The Morgan fingerprint density at radius 1 is 0.383 bits per heavy atom. The molecule has 0 spiro atoms. The van der Waals surface area contributed by atoms with E-state index in [0.717, 1.165) is 76.5 Å². The minimum Gasteiger partial charge on any atom is -0.456 e. The fourth-order valence-electron chi connectivity index (χ4n) is 7.28. The quantitative estimate of drug-likeness (QED) is 0.183. The molecule has 218 valence electrons. The van der Waals surface area contributed by atoms with E-state index >= 15 is 0 Å². The van der Waals surface area contributed by atoms with Crippen LogP contribution in [0.3, 0.4) is 0 Å². The minimum atomic E-state index is -0.473. The third kappa shape index (κ3) is 3.97. The highest BCUT2D eigenvalue weighted by atomic mass is 16.3. The summed E-state index contributed by atoms with van der Waals surface area (Å²) in [6.07, 6.45) is 0. The van der Waals surface area contributed by atoms with Crippen molar-refractivity contribution in [2.45, 2.75) is 0 Å². The molecular weight excluding hydrogens is 569 g/mol. The molecule has 1 nitrogen and oxygen atoms in total. The zero-order valence-electron chi connectivity index (χ0n) is 32.0. The molecule has 10 rings (SSSR count). The van der Waals surface area contributed by atoms with Gasteiger partial charge in [0.2, 0.25) is 0 Å². The average Bonchev–Trinajstić information content (AvgIpc) is 3.57. The SMILES string of the molecule is [2H]c1c([2H])c([2H])c2c(-c3c4ccccc4c(-c4cccc5oc6cc7cc(-c8ccccc8)ccc7cc6c45)c4ccccc34)c([2H])c([2H])c([2H])c2c1[2H]. The molecule has 0 aliphatic rings. The highest BCUT2D eigenvalue weighted by Crippen LogP contribution is 2.48. The molecular formula is C46H28O. The Bertz CT molecular complexity index is 3170. The summed E-state index contributed by atoms with van der Waals surface area (Å²) in [5.41, 5.74) is 6.52. The highest BCUT2D eigenvalue weighted by Gasteiger charge is 2.21. The molecule has 0 unspecified atom stereocenters. The van der Waals surface area contributed by atoms with Crippen molar-refractivity contribution in [2.75, 3.05) is 0 Å². The first-order valence-corrected chi connectivity index (χ1v) is 15.6. The van der Waals surface area contributed by atoms with Crippen LogP contribution in [0, 0.1) is 0 Å². The molecule has 0 amide bonds. The first kappa shape index (κ1) is 20.0. The van der Waals surface area contributed by atoms with Gasteiger partial charge in [-0.1, -0.05) is 145 Å². The fourth-order valence-corrected chi connectivity index (χ4v) is 7.28. The van der Waals surface area contributed by atoms with Crippen LogP contribution in [0.4, 0.5) is 0 Å². The minimum absolute atomic E-state index is 0.0630. The Labute approximate surface area is 281 Å². The fraction of sp³-hybridized carbons (Fsp3) is 0. The summed E-state index contributed by atoms with van der Waals surface area (Å²) in [5.74, 6) is 0. The lowest BCUT2D eigenvalue weighted by molar-refractivity contribution is 0.669. The Hall–Kier alpha value is -6.18. The lowest BCUT2D eigenvalue weighted by Gasteiger charge is -2.19. The van der Waals surface area contributed by atoms with Crippen molar-refractivity contribution < 1.29 is 14.0 Å². The molecule has 0 bridgehead atoms. The van der Waals surface area contributed by atoms with Crippen molar-refractivity contribution >= 4 is 65.0 Å². The van der Waals surface area contributed by atoms with Crippen LogP contribution in [0.25, 0.3) is 98.4 Å². The van der Waals surface area contributed by atoms with Crippen LogP contribution >= 0.6 is 0 Å². The summed E-state index contributed by atoms with van der Waals surface area (Å²) in [4.78, 5) is 0. The van der Waals surface area contributed by atoms with Gasteiger partial charge in [0.1, 0.15) is 11.2 Å². The van der Waals surface area contributed by atoms with E-state index in [0.29, 0.717) is 5.56 Å². The van der Waals surface area contributed by atoms with Crippen molar-refractivity contribution in [1.82, 2.24) is 0 Å². The van der Waals surface area contributed by atoms with Gasteiger partial charge in [-0.05, 0) is 101 Å². The highest BCUT2D eigenvalue weighted by molar-refractivity contribution is 6.27. The van der Waals surface area contributed by atoms with E-state index in [4.69, 9.17) is 12.6 Å². The van der Waals surface area contributed by atoms with Gasteiger partial charge in [-0.15, -0.1) is 0 Å². The van der Waals surface area contributed by atoms with Crippen molar-refractivity contribution in [3.8, 4) is 33.4 Å². The molecule has 0 atom stereocenters. The molecule has 0 N–H and O–H groups in total. The van der Waals surface area contributed by atoms with E-state index in [-0.39, 0.29) is 28.4 Å². The second-order valence-corrected chi connectivity index (χ2v) is 11.9. The maximum Gasteiger partial charge on any atom is 0.136 e. The number of rotatable bonds is 3. The number of fused-ring (bicyclic) bond motifs is 7. The van der Waals surface area contributed by atoms with Crippen LogP contribution in [0.2, 0.25) is 0 Å². The average molecular weight is 604 g/mol. The summed E-state index contributed by atoms with van der Waals surface area (Å²) < 4.78 is 68.0. The van der Waals surface area contributed by atoms with Gasteiger partial charge in [-0.25, -0.2) is 0 Å². The second-order valence-electron chi connectivity index (χ2n) is 11.9. The number of furan rings is 1. The van der Waals surface area contributed by atoms with Crippen LogP contribution < -0.4 is 0 Å². The molecule has 1 heterocycles. The Kier molecular flexibility index (Phi) is 4.34. The summed E-state index contributed by atoms with van der Waals surface area (Å²) in [6, 6.07) is 40.2. The molecule has 47 heavy (non-hydrogen) atoms. The normalized spacial score (nSPS) is 13.9. The monoisotopic (exact) mass is 603 g/mol. The molecule has 9 aromatic carbocycles. The Morgan fingerprint density at radius 2 is 1.06 bits per heavy atom. The Morgan fingerprint density at radius 3 is 1.83 bits per heavy atom. The molecule has 0 aliphatic carbocycles. The van der Waals surface area contributed by atoms with Crippen LogP contribution in [0.5, 0.6) is 0 Å². The van der Waals surface area contributed by atoms with Crippen LogP contribution in [0.15, 0.2) is 174 Å². The van der Waals surface area contributed by atoms with E-state index < -0.39 is 30.2 Å². The zero-order valence-corrected chi connectivity index (χ0v) is 25.0. The lowest BCUT2D eigenvalue weighted by atomic mass is 9.84. The summed E-state index contributed by atoms with van der Waals surface area (Å²) in [6.45, 7) is 0. The van der Waals surface area contributed by atoms with Crippen molar-refractivity contribution in [3.05, 3.63) is 170 Å². The molecule has 0 saturated heterocycles. The van der Waals surface area contributed by atoms with E-state index in [9.17, 15) is 1.37 Å². The van der Waals surface area contributed by atoms with Crippen molar-refractivity contribution in [1.29, 1.82) is 0 Å². The molecule has 0 fully saturated rings.